The molecule has 2 aromatic rings. The number of likely N-dealkylation sites (N-methyl/N-ethyl adjacent to an activating group) is 1. The Bertz CT molecular complexity index is 867. The largest absolute Gasteiger partial charge is 0.477 e. The molecule has 1 N–H and O–H groups in total. The van der Waals surface area contributed by atoms with Gasteiger partial charge in [-0.2, -0.15) is 13.2 Å². The molecule has 1 aliphatic heterocycles. The Morgan fingerprint density at radius 1 is 1.19 bits per heavy atom. The number of para-hydroxylation sites is 2. The Labute approximate surface area is 153 Å². The highest BCUT2D eigenvalue weighted by atomic mass is 19.4. The van der Waals surface area contributed by atoms with Gasteiger partial charge in [0, 0.05) is 7.05 Å². The van der Waals surface area contributed by atoms with Crippen molar-refractivity contribution in [3.8, 4) is 5.75 Å². The van der Waals surface area contributed by atoms with Crippen LogP contribution in [0, 0.1) is 0 Å². The van der Waals surface area contributed by atoms with Crippen molar-refractivity contribution >= 4 is 17.5 Å². The molecule has 0 radical (unpaired) electrons. The number of rotatable bonds is 3. The lowest BCUT2D eigenvalue weighted by atomic mass is 10.1. The number of ether oxygens (including phenoxy) is 1. The van der Waals surface area contributed by atoms with E-state index in [0.29, 0.717) is 11.4 Å². The number of hydrogen-bond donors (Lipinski definition) is 1. The van der Waals surface area contributed by atoms with E-state index in [4.69, 9.17) is 4.74 Å². The highest BCUT2D eigenvalue weighted by Crippen LogP contribution is 2.34. The number of fused-ring (bicyclic) bond motifs is 1. The van der Waals surface area contributed by atoms with Crippen molar-refractivity contribution in [1.29, 1.82) is 0 Å². The average molecular weight is 378 g/mol. The van der Waals surface area contributed by atoms with Gasteiger partial charge in [-0.05, 0) is 23.8 Å². The van der Waals surface area contributed by atoms with E-state index in [9.17, 15) is 22.8 Å². The first-order chi connectivity index (χ1) is 12.8. The fraction of sp³-hybridized carbons (Fsp3) is 0.263. The Balaban J connectivity index is 1.86. The quantitative estimate of drug-likeness (QED) is 0.894. The van der Waals surface area contributed by atoms with Crippen LogP contribution in [0.15, 0.2) is 48.5 Å². The Kier molecular flexibility index (Phi) is 5.07. The topological polar surface area (TPSA) is 58.6 Å². The van der Waals surface area contributed by atoms with Gasteiger partial charge in [-0.1, -0.05) is 30.3 Å². The molecule has 1 atom stereocenters. The van der Waals surface area contributed by atoms with Gasteiger partial charge in [0.2, 0.25) is 5.91 Å². The lowest BCUT2D eigenvalue weighted by molar-refractivity contribution is -0.137. The first kappa shape index (κ1) is 18.8. The molecule has 0 spiro atoms. The van der Waals surface area contributed by atoms with E-state index in [1.54, 1.807) is 24.3 Å². The number of nitrogens with one attached hydrogen (secondary N) is 1. The minimum absolute atomic E-state index is 0.0194. The van der Waals surface area contributed by atoms with Crippen LogP contribution < -0.4 is 15.0 Å². The number of carbonyl (C=O) groups is 2. The van der Waals surface area contributed by atoms with Gasteiger partial charge in [0.05, 0.1) is 24.2 Å². The Hall–Kier alpha value is -3.03. The molecule has 1 heterocycles. The summed E-state index contributed by atoms with van der Waals surface area (Å²) < 4.78 is 44.3. The Morgan fingerprint density at radius 2 is 1.93 bits per heavy atom. The summed E-state index contributed by atoms with van der Waals surface area (Å²) in [5.41, 5.74) is -0.0802. The molecule has 8 heteroatoms. The normalized spacial score (nSPS) is 16.3. The van der Waals surface area contributed by atoms with Crippen LogP contribution in [-0.2, 0) is 22.2 Å². The zero-order valence-corrected chi connectivity index (χ0v) is 14.4. The summed E-state index contributed by atoms with van der Waals surface area (Å²) >= 11 is 0. The number of nitrogens with zero attached hydrogens (tertiary/aromatic N) is 1. The van der Waals surface area contributed by atoms with Crippen LogP contribution in [0.5, 0.6) is 5.75 Å². The molecule has 1 unspecified atom stereocenters. The van der Waals surface area contributed by atoms with Crippen LogP contribution in [0.1, 0.15) is 11.1 Å². The third-order valence-electron chi connectivity index (χ3n) is 4.22. The second-order valence-corrected chi connectivity index (χ2v) is 6.07. The van der Waals surface area contributed by atoms with Crippen LogP contribution in [0.3, 0.4) is 0 Å². The lowest BCUT2D eigenvalue weighted by Gasteiger charge is -2.34. The first-order valence-corrected chi connectivity index (χ1v) is 8.23. The lowest BCUT2D eigenvalue weighted by Crippen LogP contribution is -2.50. The van der Waals surface area contributed by atoms with E-state index in [-0.39, 0.29) is 24.4 Å². The van der Waals surface area contributed by atoms with E-state index < -0.39 is 23.8 Å². The van der Waals surface area contributed by atoms with Gasteiger partial charge >= 0.3 is 6.18 Å². The van der Waals surface area contributed by atoms with Gasteiger partial charge in [0.25, 0.3) is 5.91 Å². The van der Waals surface area contributed by atoms with Crippen molar-refractivity contribution in [2.45, 2.75) is 18.7 Å². The number of halogens is 3. The molecule has 0 fully saturated rings. The Morgan fingerprint density at radius 3 is 2.63 bits per heavy atom. The minimum atomic E-state index is -4.48. The summed E-state index contributed by atoms with van der Waals surface area (Å²) in [7, 11) is 1.46. The highest BCUT2D eigenvalue weighted by molar-refractivity contribution is 5.98. The maximum Gasteiger partial charge on any atom is 0.416 e. The number of carbonyl (C=O) groups excluding carboxylic acids is 2. The SMILES string of the molecule is CNC(=O)C1CN(C(=O)Cc2cccc(C(F)(F)F)c2)c2ccccc2O1. The summed E-state index contributed by atoms with van der Waals surface area (Å²) in [6, 6.07) is 11.4. The van der Waals surface area contributed by atoms with Crippen molar-refractivity contribution < 1.29 is 27.5 Å². The van der Waals surface area contributed by atoms with Crippen molar-refractivity contribution in [3.05, 3.63) is 59.7 Å². The van der Waals surface area contributed by atoms with Gasteiger partial charge in [-0.3, -0.25) is 9.59 Å². The van der Waals surface area contributed by atoms with Crippen LogP contribution >= 0.6 is 0 Å². The second kappa shape index (κ2) is 7.30. The van der Waals surface area contributed by atoms with E-state index in [1.807, 2.05) is 0 Å². The molecule has 142 valence electrons. The van der Waals surface area contributed by atoms with Crippen molar-refractivity contribution in [2.75, 3.05) is 18.5 Å². The van der Waals surface area contributed by atoms with Gasteiger partial charge in [-0.15, -0.1) is 0 Å². The molecule has 0 aliphatic carbocycles. The molecule has 3 rings (SSSR count). The summed E-state index contributed by atoms with van der Waals surface area (Å²) in [5.74, 6) is -0.435. The number of alkyl halides is 3. The zero-order valence-electron chi connectivity index (χ0n) is 14.4. The van der Waals surface area contributed by atoms with Crippen molar-refractivity contribution in [3.63, 3.8) is 0 Å². The van der Waals surface area contributed by atoms with Crippen molar-refractivity contribution in [1.82, 2.24) is 5.32 Å². The molecule has 5 nitrogen and oxygen atoms in total. The molecule has 2 amide bonds. The fourth-order valence-electron chi connectivity index (χ4n) is 2.90. The van der Waals surface area contributed by atoms with Gasteiger partial charge in [0.1, 0.15) is 5.75 Å². The van der Waals surface area contributed by atoms with Gasteiger partial charge in [-0.25, -0.2) is 0 Å². The van der Waals surface area contributed by atoms with Crippen molar-refractivity contribution in [2.24, 2.45) is 0 Å². The molecule has 0 bridgehead atoms. The third kappa shape index (κ3) is 4.05. The molecule has 2 aromatic carbocycles. The number of benzene rings is 2. The molecular formula is C19H17F3N2O3. The number of hydrogen-bond acceptors (Lipinski definition) is 3. The minimum Gasteiger partial charge on any atom is -0.477 e. The van der Waals surface area contributed by atoms with E-state index in [0.717, 1.165) is 12.1 Å². The second-order valence-electron chi connectivity index (χ2n) is 6.07. The number of amides is 2. The van der Waals surface area contributed by atoms with Gasteiger partial charge < -0.3 is 15.0 Å². The van der Waals surface area contributed by atoms with Crippen LogP contribution in [0.25, 0.3) is 0 Å². The predicted octanol–water partition coefficient (Wildman–Crippen LogP) is 2.79. The molecule has 0 saturated heterocycles. The van der Waals surface area contributed by atoms with Crippen LogP contribution in [0.2, 0.25) is 0 Å². The highest BCUT2D eigenvalue weighted by Gasteiger charge is 2.34. The first-order valence-electron chi connectivity index (χ1n) is 8.23. The molecular weight excluding hydrogens is 361 g/mol. The maximum absolute atomic E-state index is 12.9. The van der Waals surface area contributed by atoms with Crippen LogP contribution in [0.4, 0.5) is 18.9 Å². The van der Waals surface area contributed by atoms with E-state index in [1.165, 1.54) is 24.1 Å². The third-order valence-corrected chi connectivity index (χ3v) is 4.22. The summed E-state index contributed by atoms with van der Waals surface area (Å²) in [5, 5.41) is 2.47. The fourth-order valence-corrected chi connectivity index (χ4v) is 2.90. The summed E-state index contributed by atoms with van der Waals surface area (Å²) in [6.07, 6.45) is -5.59. The monoisotopic (exact) mass is 378 g/mol. The summed E-state index contributed by atoms with van der Waals surface area (Å²) in [6.45, 7) is -0.0194. The van der Waals surface area contributed by atoms with Gasteiger partial charge in [0.15, 0.2) is 6.10 Å². The number of anilines is 1. The zero-order chi connectivity index (χ0) is 19.6. The standard InChI is InChI=1S/C19H17F3N2O3/c1-23-18(26)16-11-24(14-7-2-3-8-15(14)27-16)17(25)10-12-5-4-6-13(9-12)19(20,21)22/h2-9,16H,10-11H2,1H3,(H,23,26). The average Bonchev–Trinajstić information content (AvgIpc) is 2.66. The smallest absolute Gasteiger partial charge is 0.416 e. The maximum atomic E-state index is 12.9. The predicted molar refractivity (Wildman–Crippen MR) is 92.4 cm³/mol. The molecule has 1 aliphatic rings. The molecule has 27 heavy (non-hydrogen) atoms. The van der Waals surface area contributed by atoms with E-state index >= 15 is 0 Å². The van der Waals surface area contributed by atoms with Crippen LogP contribution in [-0.4, -0.2) is 31.5 Å². The van der Waals surface area contributed by atoms with E-state index in [2.05, 4.69) is 5.32 Å². The molecule has 0 saturated carbocycles. The summed E-state index contributed by atoms with van der Waals surface area (Å²) in [4.78, 5) is 26.1. The molecule has 0 aromatic heterocycles.